The quantitative estimate of drug-likeness (QED) is 0.613. The molecule has 0 amide bonds. The van der Waals surface area contributed by atoms with E-state index in [1.807, 2.05) is 0 Å². The summed E-state index contributed by atoms with van der Waals surface area (Å²) < 4.78 is 5.90. The van der Waals surface area contributed by atoms with Crippen molar-refractivity contribution in [3.05, 3.63) is 23.8 Å². The normalized spacial score (nSPS) is 17.7. The molecule has 25 heavy (non-hydrogen) atoms. The lowest BCUT2D eigenvalue weighted by Crippen LogP contribution is -2.26. The highest BCUT2D eigenvalue weighted by atomic mass is 16.4. The van der Waals surface area contributed by atoms with Gasteiger partial charge in [0, 0.05) is 19.1 Å². The van der Waals surface area contributed by atoms with Crippen molar-refractivity contribution in [2.45, 2.75) is 77.2 Å². The number of aromatic nitrogens is 1. The minimum Gasteiger partial charge on any atom is -0.423 e. The monoisotopic (exact) mass is 343 g/mol. The average Bonchev–Trinajstić information content (AvgIpc) is 3.22. The molecule has 1 aliphatic rings. The van der Waals surface area contributed by atoms with Crippen LogP contribution < -0.4 is 10.6 Å². The Labute approximate surface area is 151 Å². The third-order valence-electron chi connectivity index (χ3n) is 5.25. The van der Waals surface area contributed by atoms with E-state index < -0.39 is 0 Å². The van der Waals surface area contributed by atoms with E-state index >= 15 is 0 Å². The summed E-state index contributed by atoms with van der Waals surface area (Å²) >= 11 is 0. The minimum absolute atomic E-state index is 0.243. The second-order valence-electron chi connectivity index (χ2n) is 7.52. The van der Waals surface area contributed by atoms with Gasteiger partial charge in [-0.15, -0.1) is 0 Å². The summed E-state index contributed by atoms with van der Waals surface area (Å²) in [7, 11) is 0. The summed E-state index contributed by atoms with van der Waals surface area (Å²) in [5, 5.41) is 0. The van der Waals surface area contributed by atoms with Crippen molar-refractivity contribution < 1.29 is 4.42 Å². The number of hydrogen-bond donors (Lipinski definition) is 1. The van der Waals surface area contributed by atoms with E-state index in [0.29, 0.717) is 0 Å². The second kappa shape index (κ2) is 9.23. The molecule has 0 unspecified atom stereocenters. The van der Waals surface area contributed by atoms with Gasteiger partial charge in [0.2, 0.25) is 0 Å². The number of nitrogens with two attached hydrogens (primary N) is 1. The molecule has 1 aromatic heterocycles. The number of hydrogen-bond acceptors (Lipinski definition) is 4. The number of aryl methyl sites for hydroxylation is 1. The maximum atomic E-state index is 5.98. The van der Waals surface area contributed by atoms with Gasteiger partial charge in [0.15, 0.2) is 5.58 Å². The van der Waals surface area contributed by atoms with Crippen LogP contribution in [0.4, 0.5) is 6.01 Å². The van der Waals surface area contributed by atoms with Crippen LogP contribution in [0.25, 0.3) is 11.1 Å². The molecule has 0 aliphatic carbocycles. The van der Waals surface area contributed by atoms with Crippen molar-refractivity contribution in [2.24, 2.45) is 5.73 Å². The van der Waals surface area contributed by atoms with Crippen molar-refractivity contribution in [1.82, 2.24) is 4.98 Å². The van der Waals surface area contributed by atoms with Crippen LogP contribution in [0.3, 0.4) is 0 Å². The number of nitrogens with zero attached hydrogens (tertiary/aromatic N) is 2. The molecule has 1 atom stereocenters. The Morgan fingerprint density at radius 2 is 1.88 bits per heavy atom. The molecule has 4 heteroatoms. The third-order valence-corrected chi connectivity index (χ3v) is 5.25. The van der Waals surface area contributed by atoms with Crippen LogP contribution in [0.2, 0.25) is 0 Å². The molecule has 2 N–H and O–H groups in total. The van der Waals surface area contributed by atoms with Crippen LogP contribution in [0.1, 0.15) is 70.3 Å². The number of unbranched alkanes of at least 4 members (excludes halogenated alkanes) is 7. The molecule has 1 saturated heterocycles. The number of rotatable bonds is 10. The van der Waals surface area contributed by atoms with Gasteiger partial charge in [0.25, 0.3) is 6.01 Å². The Bertz CT molecular complexity index is 652. The Morgan fingerprint density at radius 3 is 2.60 bits per heavy atom. The van der Waals surface area contributed by atoms with E-state index in [0.717, 1.165) is 43.0 Å². The average molecular weight is 344 g/mol. The van der Waals surface area contributed by atoms with Gasteiger partial charge >= 0.3 is 0 Å². The number of benzene rings is 1. The Balaban J connectivity index is 1.45. The van der Waals surface area contributed by atoms with Crippen LogP contribution in [-0.4, -0.2) is 24.1 Å². The molecule has 1 fully saturated rings. The lowest BCUT2D eigenvalue weighted by Gasteiger charge is -2.11. The van der Waals surface area contributed by atoms with Crippen LogP contribution in [-0.2, 0) is 6.42 Å². The van der Waals surface area contributed by atoms with E-state index in [9.17, 15) is 0 Å². The van der Waals surface area contributed by atoms with Crippen LogP contribution in [0.15, 0.2) is 22.6 Å². The first kappa shape index (κ1) is 18.2. The highest BCUT2D eigenvalue weighted by Crippen LogP contribution is 2.25. The highest BCUT2D eigenvalue weighted by molar-refractivity contribution is 5.75. The molecule has 0 radical (unpaired) electrons. The molecular weight excluding hydrogens is 310 g/mol. The van der Waals surface area contributed by atoms with Crippen molar-refractivity contribution in [1.29, 1.82) is 0 Å². The Morgan fingerprint density at radius 1 is 1.12 bits per heavy atom. The first-order valence-electron chi connectivity index (χ1n) is 10.2. The van der Waals surface area contributed by atoms with Gasteiger partial charge in [0.05, 0.1) is 0 Å². The number of fused-ring (bicyclic) bond motifs is 1. The lowest BCUT2D eigenvalue weighted by molar-refractivity contribution is 0.575. The Hall–Kier alpha value is -1.55. The second-order valence-corrected chi connectivity index (χ2v) is 7.52. The van der Waals surface area contributed by atoms with Gasteiger partial charge in [0.1, 0.15) is 5.52 Å². The van der Waals surface area contributed by atoms with Gasteiger partial charge in [-0.2, -0.15) is 4.98 Å². The van der Waals surface area contributed by atoms with E-state index in [4.69, 9.17) is 10.2 Å². The summed E-state index contributed by atoms with van der Waals surface area (Å²) in [6.07, 6.45) is 13.1. The summed E-state index contributed by atoms with van der Waals surface area (Å²) in [4.78, 5) is 6.84. The van der Waals surface area contributed by atoms with Gasteiger partial charge < -0.3 is 15.1 Å². The van der Waals surface area contributed by atoms with E-state index in [1.54, 1.807) is 0 Å². The Kier molecular flexibility index (Phi) is 6.74. The van der Waals surface area contributed by atoms with Gasteiger partial charge in [-0.1, -0.05) is 57.9 Å². The van der Waals surface area contributed by atoms with E-state index in [2.05, 4.69) is 35.0 Å². The molecule has 0 spiro atoms. The van der Waals surface area contributed by atoms with Crippen molar-refractivity contribution in [3.63, 3.8) is 0 Å². The molecule has 1 aromatic carbocycles. The maximum Gasteiger partial charge on any atom is 0.298 e. The molecule has 3 rings (SSSR count). The van der Waals surface area contributed by atoms with Gasteiger partial charge in [-0.3, -0.25) is 0 Å². The third kappa shape index (κ3) is 5.21. The zero-order valence-corrected chi connectivity index (χ0v) is 15.7. The first-order valence-corrected chi connectivity index (χ1v) is 10.2. The van der Waals surface area contributed by atoms with E-state index in [1.165, 1.54) is 56.9 Å². The smallest absolute Gasteiger partial charge is 0.298 e. The molecule has 0 bridgehead atoms. The van der Waals surface area contributed by atoms with Crippen molar-refractivity contribution >= 4 is 17.1 Å². The summed E-state index contributed by atoms with van der Waals surface area (Å²) in [5.41, 5.74) is 9.22. The number of anilines is 1. The fraction of sp³-hybridized carbons (Fsp3) is 0.667. The summed E-state index contributed by atoms with van der Waals surface area (Å²) in [5.74, 6) is 0. The lowest BCUT2D eigenvalue weighted by atomic mass is 10.0. The SMILES string of the molecule is CCCCCCCCCCc1ccc2oc(N3CC[C@H](N)C3)nc2c1. The largest absolute Gasteiger partial charge is 0.423 e. The standard InChI is InChI=1S/C21H33N3O/c1-2-3-4-5-6-7-8-9-10-17-11-12-20-19(15-17)23-21(25-20)24-14-13-18(22)16-24/h11-12,15,18H,2-10,13-14,16,22H2,1H3/t18-/m0/s1. The number of oxazole rings is 1. The predicted octanol–water partition coefficient (Wildman–Crippen LogP) is 5.05. The van der Waals surface area contributed by atoms with Crippen LogP contribution >= 0.6 is 0 Å². The molecule has 138 valence electrons. The van der Waals surface area contributed by atoms with Gasteiger partial charge in [-0.25, -0.2) is 0 Å². The van der Waals surface area contributed by atoms with Gasteiger partial charge in [-0.05, 0) is 37.0 Å². The molecule has 4 nitrogen and oxygen atoms in total. The molecular formula is C21H33N3O. The summed E-state index contributed by atoms with van der Waals surface area (Å²) in [6, 6.07) is 7.43. The first-order chi connectivity index (χ1) is 12.3. The minimum atomic E-state index is 0.243. The highest BCUT2D eigenvalue weighted by Gasteiger charge is 2.23. The zero-order valence-electron chi connectivity index (χ0n) is 15.7. The summed E-state index contributed by atoms with van der Waals surface area (Å²) in [6.45, 7) is 4.06. The van der Waals surface area contributed by atoms with Crippen molar-refractivity contribution in [2.75, 3.05) is 18.0 Å². The molecule has 2 heterocycles. The fourth-order valence-electron chi connectivity index (χ4n) is 3.68. The maximum absolute atomic E-state index is 5.98. The molecule has 0 saturated carbocycles. The molecule has 2 aromatic rings. The van der Waals surface area contributed by atoms with Crippen molar-refractivity contribution in [3.8, 4) is 0 Å². The predicted molar refractivity (Wildman–Crippen MR) is 105 cm³/mol. The zero-order chi connectivity index (χ0) is 17.5. The fourth-order valence-corrected chi connectivity index (χ4v) is 3.68. The van der Waals surface area contributed by atoms with Crippen LogP contribution in [0.5, 0.6) is 0 Å². The van der Waals surface area contributed by atoms with Crippen LogP contribution in [0, 0.1) is 0 Å². The topological polar surface area (TPSA) is 55.3 Å². The molecule has 1 aliphatic heterocycles. The van der Waals surface area contributed by atoms with E-state index in [-0.39, 0.29) is 6.04 Å².